The van der Waals surface area contributed by atoms with Crippen molar-refractivity contribution in [3.8, 4) is 6.19 Å². The molecule has 1 aromatic carbocycles. The summed E-state index contributed by atoms with van der Waals surface area (Å²) in [7, 11) is 1.28. The molecular formula is C9H9N3O3. The van der Waals surface area contributed by atoms with E-state index >= 15 is 0 Å². The lowest BCUT2D eigenvalue weighted by atomic mass is 10.2. The van der Waals surface area contributed by atoms with E-state index in [0.717, 1.165) is 0 Å². The summed E-state index contributed by atoms with van der Waals surface area (Å²) in [6, 6.07) is 5.89. The number of nitrogens with one attached hydrogen (secondary N) is 1. The van der Waals surface area contributed by atoms with Gasteiger partial charge in [0.25, 0.3) is 0 Å². The van der Waals surface area contributed by atoms with Gasteiger partial charge >= 0.3 is 5.97 Å². The number of carbonyl (C=O) groups is 1. The van der Waals surface area contributed by atoms with Crippen LogP contribution in [0.5, 0.6) is 0 Å². The van der Waals surface area contributed by atoms with Crippen LogP contribution in [-0.4, -0.2) is 18.3 Å². The van der Waals surface area contributed by atoms with E-state index < -0.39 is 5.97 Å². The van der Waals surface area contributed by atoms with Gasteiger partial charge in [0.05, 0.1) is 18.4 Å². The molecule has 78 valence electrons. The number of anilines is 1. The highest BCUT2D eigenvalue weighted by Gasteiger charge is 2.06. The largest absolute Gasteiger partial charge is 0.465 e. The van der Waals surface area contributed by atoms with Crippen LogP contribution in [0, 0.1) is 11.5 Å². The lowest BCUT2D eigenvalue weighted by Gasteiger charge is -2.13. The number of methoxy groups -OCH3 is 1. The van der Waals surface area contributed by atoms with Crippen molar-refractivity contribution in [2.24, 2.45) is 0 Å². The lowest BCUT2D eigenvalue weighted by molar-refractivity contribution is 0.0600. The van der Waals surface area contributed by atoms with Gasteiger partial charge in [-0.1, -0.05) is 0 Å². The molecule has 0 saturated carbocycles. The van der Waals surface area contributed by atoms with Gasteiger partial charge in [-0.05, 0) is 24.3 Å². The first-order chi connectivity index (χ1) is 7.19. The second-order valence-electron chi connectivity index (χ2n) is 2.57. The monoisotopic (exact) mass is 207 g/mol. The summed E-state index contributed by atoms with van der Waals surface area (Å²) in [6.45, 7) is 0. The standard InChI is InChI=1S/C9H9N3O3/c1-15-9(13)7-2-4-8(5-3-7)12(14)11-6-10/h2-5,11,14H,1H3. The van der Waals surface area contributed by atoms with Gasteiger partial charge in [-0.15, -0.1) is 0 Å². The quantitative estimate of drug-likeness (QED) is 0.327. The molecule has 0 bridgehead atoms. The summed E-state index contributed by atoms with van der Waals surface area (Å²) >= 11 is 0. The Balaban J connectivity index is 2.81. The van der Waals surface area contributed by atoms with Gasteiger partial charge in [-0.25, -0.2) is 10.2 Å². The minimum absolute atomic E-state index is 0.337. The maximum Gasteiger partial charge on any atom is 0.337 e. The van der Waals surface area contributed by atoms with E-state index in [9.17, 15) is 10.0 Å². The number of benzene rings is 1. The number of carbonyl (C=O) groups excluding carboxylic acids is 1. The third-order valence-corrected chi connectivity index (χ3v) is 1.69. The zero-order valence-electron chi connectivity index (χ0n) is 7.97. The Kier molecular flexibility index (Phi) is 3.49. The molecule has 0 aliphatic carbocycles. The first kappa shape index (κ1) is 10.8. The van der Waals surface area contributed by atoms with Crippen molar-refractivity contribution in [2.45, 2.75) is 0 Å². The van der Waals surface area contributed by atoms with E-state index in [1.807, 2.05) is 5.43 Å². The number of hydrogen-bond acceptors (Lipinski definition) is 6. The Morgan fingerprint density at radius 1 is 1.53 bits per heavy atom. The van der Waals surface area contributed by atoms with Gasteiger partial charge < -0.3 is 4.74 Å². The van der Waals surface area contributed by atoms with E-state index in [2.05, 4.69) is 4.74 Å². The molecule has 6 heteroatoms. The smallest absolute Gasteiger partial charge is 0.337 e. The van der Waals surface area contributed by atoms with Crippen LogP contribution in [0.1, 0.15) is 10.4 Å². The highest BCUT2D eigenvalue weighted by Crippen LogP contribution is 2.12. The molecule has 0 spiro atoms. The van der Waals surface area contributed by atoms with Crippen LogP contribution in [0.3, 0.4) is 0 Å². The number of ether oxygens (including phenoxy) is 1. The number of nitriles is 1. The van der Waals surface area contributed by atoms with Crippen molar-refractivity contribution in [2.75, 3.05) is 12.3 Å². The molecule has 1 aromatic rings. The molecule has 6 nitrogen and oxygen atoms in total. The van der Waals surface area contributed by atoms with Gasteiger partial charge in [0.2, 0.25) is 0 Å². The second kappa shape index (κ2) is 4.83. The average molecular weight is 207 g/mol. The Morgan fingerprint density at radius 3 is 2.60 bits per heavy atom. The maximum atomic E-state index is 11.1. The van der Waals surface area contributed by atoms with Crippen LogP contribution in [-0.2, 0) is 4.74 Å². The minimum atomic E-state index is -0.459. The fourth-order valence-corrected chi connectivity index (χ4v) is 0.968. The molecule has 0 amide bonds. The second-order valence-corrected chi connectivity index (χ2v) is 2.57. The van der Waals surface area contributed by atoms with E-state index in [4.69, 9.17) is 5.26 Å². The molecule has 0 heterocycles. The number of hydrogen-bond donors (Lipinski definition) is 2. The molecule has 15 heavy (non-hydrogen) atoms. The SMILES string of the molecule is COC(=O)c1ccc(N(O)NC#N)cc1. The van der Waals surface area contributed by atoms with Crippen molar-refractivity contribution in [1.29, 1.82) is 5.26 Å². The molecule has 0 aliphatic heterocycles. The number of hydrazine groups is 1. The molecule has 0 radical (unpaired) electrons. The Bertz CT molecular complexity index is 383. The average Bonchev–Trinajstić information content (AvgIpc) is 2.28. The Morgan fingerprint density at radius 2 is 2.13 bits per heavy atom. The predicted molar refractivity (Wildman–Crippen MR) is 50.8 cm³/mol. The Labute approximate surface area is 86.2 Å². The predicted octanol–water partition coefficient (Wildman–Crippen LogP) is 0.654. The number of esters is 1. The van der Waals surface area contributed by atoms with Crippen LogP contribution < -0.4 is 10.6 Å². The zero-order valence-corrected chi connectivity index (χ0v) is 7.97. The molecule has 0 fully saturated rings. The molecule has 0 aromatic heterocycles. The molecule has 0 aliphatic rings. The maximum absolute atomic E-state index is 11.1. The first-order valence-corrected chi connectivity index (χ1v) is 4.01. The van der Waals surface area contributed by atoms with Gasteiger partial charge in [-0.3, -0.25) is 5.21 Å². The van der Waals surface area contributed by atoms with Crippen LogP contribution in [0.4, 0.5) is 5.69 Å². The highest BCUT2D eigenvalue weighted by molar-refractivity contribution is 5.89. The van der Waals surface area contributed by atoms with E-state index in [-0.39, 0.29) is 0 Å². The summed E-state index contributed by atoms with van der Waals surface area (Å²) in [6.07, 6.45) is 1.55. The zero-order chi connectivity index (χ0) is 11.3. The summed E-state index contributed by atoms with van der Waals surface area (Å²) in [4.78, 5) is 11.1. The number of rotatable bonds is 3. The van der Waals surface area contributed by atoms with Crippen molar-refractivity contribution < 1.29 is 14.7 Å². The summed E-state index contributed by atoms with van der Waals surface area (Å²) in [5, 5.41) is 18.0. The minimum Gasteiger partial charge on any atom is -0.465 e. The summed E-state index contributed by atoms with van der Waals surface area (Å²) < 4.78 is 4.50. The fraction of sp³-hybridized carbons (Fsp3) is 0.111. The van der Waals surface area contributed by atoms with Gasteiger partial charge in [0.1, 0.15) is 0 Å². The van der Waals surface area contributed by atoms with Gasteiger partial charge in [0, 0.05) is 0 Å². The molecule has 2 N–H and O–H groups in total. The van der Waals surface area contributed by atoms with Gasteiger partial charge in [0.15, 0.2) is 6.19 Å². The summed E-state index contributed by atoms with van der Waals surface area (Å²) in [5.74, 6) is -0.459. The number of nitrogens with zero attached hydrogens (tertiary/aromatic N) is 2. The third kappa shape index (κ3) is 2.59. The lowest BCUT2D eigenvalue weighted by Crippen LogP contribution is -2.30. The van der Waals surface area contributed by atoms with Crippen molar-refractivity contribution in [3.05, 3.63) is 29.8 Å². The molecular weight excluding hydrogens is 198 g/mol. The van der Waals surface area contributed by atoms with Gasteiger partial charge in [-0.2, -0.15) is 10.4 Å². The van der Waals surface area contributed by atoms with E-state index in [0.29, 0.717) is 16.4 Å². The van der Waals surface area contributed by atoms with Crippen LogP contribution in [0.25, 0.3) is 0 Å². The van der Waals surface area contributed by atoms with Crippen molar-refractivity contribution in [1.82, 2.24) is 5.43 Å². The molecule has 0 saturated heterocycles. The molecule has 1 rings (SSSR count). The van der Waals surface area contributed by atoms with Crippen molar-refractivity contribution in [3.63, 3.8) is 0 Å². The third-order valence-electron chi connectivity index (χ3n) is 1.69. The topological polar surface area (TPSA) is 85.6 Å². The molecule has 0 atom stereocenters. The highest BCUT2D eigenvalue weighted by atomic mass is 16.5. The fourth-order valence-electron chi connectivity index (χ4n) is 0.968. The summed E-state index contributed by atoms with van der Waals surface area (Å²) in [5.41, 5.74) is 2.71. The van der Waals surface area contributed by atoms with E-state index in [1.54, 1.807) is 6.19 Å². The van der Waals surface area contributed by atoms with Crippen molar-refractivity contribution >= 4 is 11.7 Å². The van der Waals surface area contributed by atoms with Crippen LogP contribution >= 0.6 is 0 Å². The van der Waals surface area contributed by atoms with E-state index in [1.165, 1.54) is 31.4 Å². The normalized spacial score (nSPS) is 8.87. The Hall–Kier alpha value is -2.26. The molecule has 0 unspecified atom stereocenters. The first-order valence-electron chi connectivity index (χ1n) is 4.01. The van der Waals surface area contributed by atoms with Crippen LogP contribution in [0.15, 0.2) is 24.3 Å². The van der Waals surface area contributed by atoms with Crippen LogP contribution in [0.2, 0.25) is 0 Å².